The zero-order valence-electron chi connectivity index (χ0n) is 29.1. The van der Waals surface area contributed by atoms with E-state index in [2.05, 4.69) is 151 Å². The van der Waals surface area contributed by atoms with Gasteiger partial charge in [-0.25, -0.2) is 0 Å². The van der Waals surface area contributed by atoms with Crippen molar-refractivity contribution in [2.45, 2.75) is 85.9 Å². The van der Waals surface area contributed by atoms with E-state index in [0.717, 1.165) is 0 Å². The molecule has 0 aromatic heterocycles. The van der Waals surface area contributed by atoms with Crippen molar-refractivity contribution in [1.29, 1.82) is 0 Å². The van der Waals surface area contributed by atoms with Gasteiger partial charge in [-0.2, -0.15) is 0 Å². The van der Waals surface area contributed by atoms with Gasteiger partial charge in [-0.15, -0.1) is 0 Å². The Kier molecular flexibility index (Phi) is 7.48. The molecule has 0 bridgehead atoms. The monoisotopic (exact) mass is 746 g/mol. The number of allylic oxidation sites excluding steroid dienone is 2. The van der Waals surface area contributed by atoms with Crippen LogP contribution in [0.4, 0.5) is 0 Å². The van der Waals surface area contributed by atoms with Gasteiger partial charge in [0.2, 0.25) is 0 Å². The molecule has 226 valence electrons. The zero-order valence-corrected chi connectivity index (χ0v) is 32.7. The Balaban J connectivity index is 1.55. The first-order valence-electron chi connectivity index (χ1n) is 16.5. The van der Waals surface area contributed by atoms with Gasteiger partial charge in [-0.3, -0.25) is 0 Å². The maximum absolute atomic E-state index is 3.95. The van der Waals surface area contributed by atoms with Crippen LogP contribution in [0.2, 0.25) is 9.36 Å². The summed E-state index contributed by atoms with van der Waals surface area (Å²) in [5, 5.41) is 0. The number of fused-ring (bicyclic) bond motifs is 2. The molecule has 4 aromatic rings. The van der Waals surface area contributed by atoms with Crippen LogP contribution >= 0.6 is 0 Å². The first kappa shape index (κ1) is 31.1. The Morgan fingerprint density at radius 2 is 0.864 bits per heavy atom. The number of hydrogen-bond donors (Lipinski definition) is 0. The van der Waals surface area contributed by atoms with E-state index < -0.39 is 18.0 Å². The molecular formula is C43H50Hf. The first-order chi connectivity index (χ1) is 20.7. The summed E-state index contributed by atoms with van der Waals surface area (Å²) in [5.74, 6) is 0. The molecule has 2 unspecified atom stereocenters. The van der Waals surface area contributed by atoms with Crippen molar-refractivity contribution in [2.75, 3.05) is 0 Å². The van der Waals surface area contributed by atoms with Gasteiger partial charge in [0.1, 0.15) is 0 Å². The van der Waals surface area contributed by atoms with E-state index in [1.807, 2.05) is 0 Å². The van der Waals surface area contributed by atoms with Gasteiger partial charge in [-0.1, -0.05) is 0 Å². The molecule has 0 spiro atoms. The van der Waals surface area contributed by atoms with E-state index in [1.54, 1.807) is 14.4 Å². The predicted molar refractivity (Wildman–Crippen MR) is 193 cm³/mol. The van der Waals surface area contributed by atoms with Crippen LogP contribution in [-0.4, -0.2) is 3.26 Å². The van der Waals surface area contributed by atoms with Crippen LogP contribution in [-0.2, 0) is 18.0 Å². The third-order valence-corrected chi connectivity index (χ3v) is 41.3. The molecule has 0 amide bonds. The van der Waals surface area contributed by atoms with Crippen molar-refractivity contribution in [3.63, 3.8) is 0 Å². The van der Waals surface area contributed by atoms with E-state index in [0.29, 0.717) is 7.35 Å². The Morgan fingerprint density at radius 1 is 0.523 bits per heavy atom. The number of hydrogen-bond acceptors (Lipinski definition) is 0. The molecule has 0 fully saturated rings. The van der Waals surface area contributed by atoms with Gasteiger partial charge >= 0.3 is 269 Å². The van der Waals surface area contributed by atoms with Gasteiger partial charge in [0.05, 0.1) is 0 Å². The molecule has 0 saturated heterocycles. The fourth-order valence-corrected chi connectivity index (χ4v) is 28.2. The molecule has 6 rings (SSSR count). The summed E-state index contributed by atoms with van der Waals surface area (Å²) in [4.78, 5) is 0. The van der Waals surface area contributed by atoms with E-state index in [1.165, 1.54) is 77.9 Å². The Hall–Kier alpha value is -2.90. The van der Waals surface area contributed by atoms with Crippen LogP contribution in [0.25, 0.3) is 34.4 Å². The summed E-state index contributed by atoms with van der Waals surface area (Å²) < 4.78 is 8.11. The molecule has 0 saturated carbocycles. The summed E-state index contributed by atoms with van der Waals surface area (Å²) >= 11 is -3.95. The second kappa shape index (κ2) is 10.6. The quantitative estimate of drug-likeness (QED) is 0.183. The van der Waals surface area contributed by atoms with Crippen molar-refractivity contribution >= 4 is 15.4 Å². The second-order valence-corrected chi connectivity index (χ2v) is 42.0. The predicted octanol–water partition coefficient (Wildman–Crippen LogP) is 12.3. The summed E-state index contributed by atoms with van der Waals surface area (Å²) in [7, 11) is 0. The van der Waals surface area contributed by atoms with Crippen LogP contribution in [0.15, 0.2) is 60.7 Å². The third kappa shape index (κ3) is 4.28. The van der Waals surface area contributed by atoms with Crippen molar-refractivity contribution in [3.8, 4) is 22.3 Å². The molecule has 0 N–H and O–H groups in total. The van der Waals surface area contributed by atoms with Gasteiger partial charge in [0, 0.05) is 0 Å². The first-order valence-corrected chi connectivity index (χ1v) is 29.6. The normalized spacial score (nSPS) is 17.3. The molecule has 0 heterocycles. The fraction of sp³-hybridized carbons (Fsp3) is 0.326. The van der Waals surface area contributed by atoms with Crippen molar-refractivity contribution in [3.05, 3.63) is 127 Å². The molecule has 2 aliphatic rings. The number of aryl methyl sites for hydroxylation is 4. The Morgan fingerprint density at radius 3 is 1.18 bits per heavy atom. The summed E-state index contributed by atoms with van der Waals surface area (Å²) in [5.41, 5.74) is 22.8. The van der Waals surface area contributed by atoms with Crippen molar-refractivity contribution < 1.29 is 18.0 Å². The van der Waals surface area contributed by atoms with E-state index >= 15 is 0 Å². The zero-order chi connectivity index (χ0) is 31.9. The van der Waals surface area contributed by atoms with Gasteiger partial charge in [0.15, 0.2) is 0 Å². The standard InChI is InChI=1S/2C19H19.C3H6.2CH3.Hf/c2*1-12-11-13(2)15(4)19(14(12)3)18-10-6-8-16-7-5-9-17(16)18;1-3-2;;;/h2*5-11H,1-4H3;1-2H3;2*1H3;. The molecule has 4 aromatic carbocycles. The average Bonchev–Trinajstić information content (AvgIpc) is 3.62. The molecule has 2 aliphatic carbocycles. The van der Waals surface area contributed by atoms with Crippen LogP contribution in [0.3, 0.4) is 0 Å². The Bertz CT molecular complexity index is 1830. The van der Waals surface area contributed by atoms with Crippen LogP contribution in [0.1, 0.15) is 88.0 Å². The summed E-state index contributed by atoms with van der Waals surface area (Å²) in [6, 6.07) is 19.0. The number of rotatable bonds is 4. The van der Waals surface area contributed by atoms with E-state index in [9.17, 15) is 0 Å². The topological polar surface area (TPSA) is 0 Å². The molecule has 0 nitrogen and oxygen atoms in total. The van der Waals surface area contributed by atoms with Crippen LogP contribution in [0.5, 0.6) is 0 Å². The summed E-state index contributed by atoms with van der Waals surface area (Å²) in [6.45, 7) is 23.2. The third-order valence-electron chi connectivity index (χ3n) is 12.6. The van der Waals surface area contributed by atoms with Crippen LogP contribution in [0, 0.1) is 55.4 Å². The fourth-order valence-electron chi connectivity index (χ4n) is 8.72. The molecule has 2 atom stereocenters. The molecule has 1 heteroatoms. The van der Waals surface area contributed by atoms with E-state index in [4.69, 9.17) is 0 Å². The molecule has 44 heavy (non-hydrogen) atoms. The second-order valence-electron chi connectivity index (χ2n) is 15.2. The minimum absolute atomic E-state index is 0.465. The molecule has 0 radical (unpaired) electrons. The Labute approximate surface area is 267 Å². The van der Waals surface area contributed by atoms with E-state index in [-0.39, 0.29) is 0 Å². The number of benzene rings is 4. The maximum atomic E-state index is 2.75. The average molecular weight is 745 g/mol. The minimum atomic E-state index is -3.95. The van der Waals surface area contributed by atoms with Gasteiger partial charge in [-0.05, 0) is 0 Å². The SMILES string of the molecule is C[C](C)=[Hf]([CH3])([CH3])([CH]1C=Cc2c(-c3c(C)c(C)cc(C)c3C)cccc21)[CH]1C=Cc2c(-c3c(C)c(C)cc(C)c3C)cccc21. The van der Waals surface area contributed by atoms with Crippen molar-refractivity contribution in [1.82, 2.24) is 0 Å². The summed E-state index contributed by atoms with van der Waals surface area (Å²) in [6.07, 6.45) is 10.2. The molecular weight excluding hydrogens is 695 g/mol. The van der Waals surface area contributed by atoms with Crippen LogP contribution < -0.4 is 0 Å². The molecule has 0 aliphatic heterocycles. The van der Waals surface area contributed by atoms with Crippen molar-refractivity contribution in [2.24, 2.45) is 0 Å². The van der Waals surface area contributed by atoms with Gasteiger partial charge in [0.25, 0.3) is 0 Å². The van der Waals surface area contributed by atoms with Gasteiger partial charge < -0.3 is 0 Å².